The Hall–Kier alpha value is -3.26. The molecule has 0 aromatic heterocycles. The van der Waals surface area contributed by atoms with Crippen LogP contribution in [0.15, 0.2) is 0 Å². The topological polar surface area (TPSA) is 257 Å². The first-order valence-corrected chi connectivity index (χ1v) is 8.46. The van der Waals surface area contributed by atoms with Gasteiger partial charge in [0.25, 0.3) is 0 Å². The van der Waals surface area contributed by atoms with Gasteiger partial charge in [0.15, 0.2) is 0 Å². The van der Waals surface area contributed by atoms with Crippen molar-refractivity contribution in [3.8, 4) is 0 Å². The van der Waals surface area contributed by atoms with E-state index in [1.54, 1.807) is 0 Å². The van der Waals surface area contributed by atoms with Crippen molar-refractivity contribution in [1.82, 2.24) is 16.0 Å². The van der Waals surface area contributed by atoms with E-state index in [2.05, 4.69) is 10.6 Å². The minimum Gasteiger partial charge on any atom is -0.480 e. The Morgan fingerprint density at radius 3 is 1.86 bits per heavy atom. The standard InChI is InChI=1S/C15H26N6O8/c1-6(22)12(21-11(25)5-16)14(27)19-7(2-3-9(17)23)13(26)20-8(15(28)29)4-10(18)24/h6-8,12,22H,2-5,16H2,1H3,(H2,17,23)(H2,18,24)(H,19,27)(H,20,26)(H,21,25)(H,28,29). The normalized spacial score (nSPS) is 14.6. The van der Waals surface area contributed by atoms with Crippen molar-refractivity contribution in [2.45, 2.75) is 50.4 Å². The number of aliphatic hydroxyl groups is 1. The first-order valence-electron chi connectivity index (χ1n) is 8.46. The highest BCUT2D eigenvalue weighted by atomic mass is 16.4. The van der Waals surface area contributed by atoms with E-state index < -0.39 is 72.7 Å². The summed E-state index contributed by atoms with van der Waals surface area (Å²) in [5.41, 5.74) is 15.1. The maximum absolute atomic E-state index is 12.4. The van der Waals surface area contributed by atoms with E-state index in [9.17, 15) is 33.9 Å². The fourth-order valence-corrected chi connectivity index (χ4v) is 2.13. The second kappa shape index (κ2) is 12.2. The minimum absolute atomic E-state index is 0.312. The van der Waals surface area contributed by atoms with Crippen molar-refractivity contribution in [1.29, 1.82) is 0 Å². The van der Waals surface area contributed by atoms with Crippen LogP contribution in [0.5, 0.6) is 0 Å². The third-order valence-corrected chi connectivity index (χ3v) is 3.60. The second-order valence-electron chi connectivity index (χ2n) is 6.13. The molecular weight excluding hydrogens is 392 g/mol. The predicted octanol–water partition coefficient (Wildman–Crippen LogP) is -4.99. The van der Waals surface area contributed by atoms with Crippen LogP contribution in [0.25, 0.3) is 0 Å². The summed E-state index contributed by atoms with van der Waals surface area (Å²) in [4.78, 5) is 69.3. The molecule has 0 rings (SSSR count). The van der Waals surface area contributed by atoms with Crippen molar-refractivity contribution < 1.29 is 39.0 Å². The summed E-state index contributed by atoms with van der Waals surface area (Å²) in [6.45, 7) is 0.738. The van der Waals surface area contributed by atoms with Gasteiger partial charge < -0.3 is 43.4 Å². The Labute approximate surface area is 165 Å². The minimum atomic E-state index is -1.67. The van der Waals surface area contributed by atoms with Crippen LogP contribution in [0.3, 0.4) is 0 Å². The maximum Gasteiger partial charge on any atom is 0.326 e. The van der Waals surface area contributed by atoms with Gasteiger partial charge in [-0.05, 0) is 13.3 Å². The molecule has 0 aromatic rings. The summed E-state index contributed by atoms with van der Waals surface area (Å²) < 4.78 is 0. The Balaban J connectivity index is 5.41. The van der Waals surface area contributed by atoms with Gasteiger partial charge in [-0.2, -0.15) is 0 Å². The average molecular weight is 418 g/mol. The lowest BCUT2D eigenvalue weighted by Gasteiger charge is -2.25. The molecular formula is C15H26N6O8. The molecule has 14 nitrogen and oxygen atoms in total. The van der Waals surface area contributed by atoms with Crippen molar-refractivity contribution in [3.05, 3.63) is 0 Å². The number of aliphatic carboxylic acids is 1. The van der Waals surface area contributed by atoms with Crippen LogP contribution in [0, 0.1) is 0 Å². The molecule has 0 aromatic carbocycles. The molecule has 164 valence electrons. The lowest BCUT2D eigenvalue weighted by molar-refractivity contribution is -0.144. The third-order valence-electron chi connectivity index (χ3n) is 3.60. The molecule has 29 heavy (non-hydrogen) atoms. The fraction of sp³-hybridized carbons (Fsp3) is 0.600. The second-order valence-corrected chi connectivity index (χ2v) is 6.13. The molecule has 0 saturated carbocycles. The van der Waals surface area contributed by atoms with E-state index >= 15 is 0 Å². The lowest BCUT2D eigenvalue weighted by atomic mass is 10.1. The molecule has 0 aliphatic carbocycles. The van der Waals surface area contributed by atoms with Gasteiger partial charge >= 0.3 is 5.97 Å². The summed E-state index contributed by atoms with van der Waals surface area (Å²) in [5, 5.41) is 25.1. The number of primary amides is 2. The number of carbonyl (C=O) groups is 6. The zero-order valence-corrected chi connectivity index (χ0v) is 15.7. The third kappa shape index (κ3) is 10.0. The molecule has 0 spiro atoms. The average Bonchev–Trinajstić information content (AvgIpc) is 2.60. The Bertz CT molecular complexity index is 653. The number of amides is 5. The molecule has 4 atom stereocenters. The molecule has 11 N–H and O–H groups in total. The number of carbonyl (C=O) groups excluding carboxylic acids is 5. The summed E-state index contributed by atoms with van der Waals surface area (Å²) >= 11 is 0. The Morgan fingerprint density at radius 2 is 1.45 bits per heavy atom. The van der Waals surface area contributed by atoms with E-state index in [4.69, 9.17) is 22.3 Å². The highest BCUT2D eigenvalue weighted by Gasteiger charge is 2.31. The van der Waals surface area contributed by atoms with Gasteiger partial charge in [-0.25, -0.2) is 4.79 Å². The number of nitrogens with one attached hydrogen (secondary N) is 3. The van der Waals surface area contributed by atoms with Gasteiger partial charge in [0.1, 0.15) is 18.1 Å². The molecule has 0 radical (unpaired) electrons. The van der Waals surface area contributed by atoms with Crippen LogP contribution in [-0.4, -0.2) is 76.5 Å². The number of nitrogens with two attached hydrogens (primary N) is 3. The molecule has 0 aliphatic rings. The zero-order chi connectivity index (χ0) is 22.7. The molecule has 5 amide bonds. The van der Waals surface area contributed by atoms with Crippen molar-refractivity contribution >= 4 is 35.5 Å². The number of carboxylic acids is 1. The van der Waals surface area contributed by atoms with Gasteiger partial charge in [-0.1, -0.05) is 0 Å². The Morgan fingerprint density at radius 1 is 0.897 bits per heavy atom. The number of hydrogen-bond donors (Lipinski definition) is 8. The summed E-state index contributed by atoms with van der Waals surface area (Å²) in [6, 6.07) is -4.60. The summed E-state index contributed by atoms with van der Waals surface area (Å²) in [6.07, 6.45) is -2.74. The number of aliphatic hydroxyl groups excluding tert-OH is 1. The maximum atomic E-state index is 12.4. The molecule has 14 heteroatoms. The highest BCUT2D eigenvalue weighted by Crippen LogP contribution is 2.03. The summed E-state index contributed by atoms with van der Waals surface area (Å²) in [5.74, 6) is -6.12. The summed E-state index contributed by atoms with van der Waals surface area (Å²) in [7, 11) is 0. The molecule has 0 bridgehead atoms. The smallest absolute Gasteiger partial charge is 0.326 e. The van der Waals surface area contributed by atoms with Gasteiger partial charge in [0, 0.05) is 6.42 Å². The molecule has 0 fully saturated rings. The molecule has 4 unspecified atom stereocenters. The molecule has 0 aliphatic heterocycles. The van der Waals surface area contributed by atoms with E-state index in [0.29, 0.717) is 0 Å². The van der Waals surface area contributed by atoms with Crippen LogP contribution in [0.1, 0.15) is 26.2 Å². The Kier molecular flexibility index (Phi) is 10.9. The SMILES string of the molecule is CC(O)C(NC(=O)CN)C(=O)NC(CCC(N)=O)C(=O)NC(CC(N)=O)C(=O)O. The van der Waals surface area contributed by atoms with Crippen LogP contribution in [0.2, 0.25) is 0 Å². The van der Waals surface area contributed by atoms with E-state index in [1.165, 1.54) is 6.92 Å². The zero-order valence-electron chi connectivity index (χ0n) is 15.7. The van der Waals surface area contributed by atoms with Crippen LogP contribution < -0.4 is 33.2 Å². The largest absolute Gasteiger partial charge is 0.480 e. The van der Waals surface area contributed by atoms with Gasteiger partial charge in [-0.3, -0.25) is 24.0 Å². The fourth-order valence-electron chi connectivity index (χ4n) is 2.13. The number of carboxylic acid groups (broad SMARTS) is 1. The number of rotatable bonds is 13. The van der Waals surface area contributed by atoms with E-state index in [-0.39, 0.29) is 12.8 Å². The quantitative estimate of drug-likeness (QED) is 0.142. The van der Waals surface area contributed by atoms with Gasteiger partial charge in [-0.15, -0.1) is 0 Å². The van der Waals surface area contributed by atoms with Crippen molar-refractivity contribution in [2.75, 3.05) is 6.54 Å². The van der Waals surface area contributed by atoms with Crippen LogP contribution in [0.4, 0.5) is 0 Å². The number of hydrogen-bond acceptors (Lipinski definition) is 8. The van der Waals surface area contributed by atoms with E-state index in [1.807, 2.05) is 5.32 Å². The van der Waals surface area contributed by atoms with Crippen molar-refractivity contribution in [2.24, 2.45) is 17.2 Å². The molecule has 0 saturated heterocycles. The van der Waals surface area contributed by atoms with Gasteiger partial charge in [0.2, 0.25) is 29.5 Å². The monoisotopic (exact) mass is 418 g/mol. The predicted molar refractivity (Wildman–Crippen MR) is 96.4 cm³/mol. The molecule has 0 heterocycles. The first-order chi connectivity index (χ1) is 13.4. The lowest BCUT2D eigenvalue weighted by Crippen LogP contribution is -2.59. The van der Waals surface area contributed by atoms with Crippen molar-refractivity contribution in [3.63, 3.8) is 0 Å². The highest BCUT2D eigenvalue weighted by molar-refractivity contribution is 5.95. The van der Waals surface area contributed by atoms with Gasteiger partial charge in [0.05, 0.1) is 19.1 Å². The van der Waals surface area contributed by atoms with E-state index in [0.717, 1.165) is 0 Å². The van der Waals surface area contributed by atoms with Crippen LogP contribution >= 0.6 is 0 Å². The first kappa shape index (κ1) is 25.7. The van der Waals surface area contributed by atoms with Crippen LogP contribution in [-0.2, 0) is 28.8 Å².